The van der Waals surface area contributed by atoms with E-state index in [1.807, 2.05) is 24.3 Å². The van der Waals surface area contributed by atoms with Gasteiger partial charge in [0.2, 0.25) is 5.88 Å². The van der Waals surface area contributed by atoms with Crippen LogP contribution >= 0.6 is 0 Å². The number of aromatic nitrogens is 2. The lowest BCUT2D eigenvalue weighted by molar-refractivity contribution is 0.402. The maximum absolute atomic E-state index is 12.4. The van der Waals surface area contributed by atoms with Crippen molar-refractivity contribution in [3.05, 3.63) is 56.2 Å². The van der Waals surface area contributed by atoms with Crippen LogP contribution in [-0.2, 0) is 14.1 Å². The second kappa shape index (κ2) is 5.88. The second-order valence-corrected chi connectivity index (χ2v) is 5.59. The molecule has 0 saturated carbocycles. The zero-order chi connectivity index (χ0) is 17.4. The molecule has 24 heavy (non-hydrogen) atoms. The minimum absolute atomic E-state index is 0.0319. The Labute approximate surface area is 137 Å². The van der Waals surface area contributed by atoms with Gasteiger partial charge in [0.15, 0.2) is 0 Å². The van der Waals surface area contributed by atoms with Crippen molar-refractivity contribution in [2.45, 2.75) is 12.5 Å². The number of rotatable bonds is 3. The molecule has 0 unspecified atom stereocenters. The normalized spacial score (nSPS) is 16.6. The van der Waals surface area contributed by atoms with E-state index in [0.29, 0.717) is 17.9 Å². The van der Waals surface area contributed by atoms with Gasteiger partial charge in [-0.1, -0.05) is 18.2 Å². The van der Waals surface area contributed by atoms with Crippen molar-refractivity contribution in [2.24, 2.45) is 19.2 Å². The number of ether oxygens (including phenoxy) is 1. The van der Waals surface area contributed by atoms with Gasteiger partial charge in [-0.15, -0.1) is 0 Å². The molecule has 3 rings (SSSR count). The van der Waals surface area contributed by atoms with Gasteiger partial charge in [-0.3, -0.25) is 13.9 Å². The van der Waals surface area contributed by atoms with Gasteiger partial charge in [0.05, 0.1) is 18.9 Å². The van der Waals surface area contributed by atoms with E-state index in [0.717, 1.165) is 14.7 Å². The van der Waals surface area contributed by atoms with Crippen LogP contribution in [0.15, 0.2) is 39.0 Å². The van der Waals surface area contributed by atoms with Crippen LogP contribution in [0.4, 0.5) is 0 Å². The predicted molar refractivity (Wildman–Crippen MR) is 88.6 cm³/mol. The van der Waals surface area contributed by atoms with Gasteiger partial charge in [-0.25, -0.2) is 4.79 Å². The average molecular weight is 330 g/mol. The number of hydrazone groups is 1. The molecule has 2 aromatic rings. The summed E-state index contributed by atoms with van der Waals surface area (Å²) in [7, 11) is 4.36. The number of hydrogen-bond acceptors (Lipinski definition) is 6. The quantitative estimate of drug-likeness (QED) is 0.840. The molecule has 0 saturated heterocycles. The summed E-state index contributed by atoms with van der Waals surface area (Å²) >= 11 is 0. The standard InChI is InChI=1S/C16H18N4O4/c1-19-14(21)13(15(22)20(2)16(19)23)11-8-10(17-18-11)9-6-4-5-7-12(9)24-3/h4-7,10,17,21H,8H2,1-3H3/t10-/m1/s1. The molecule has 0 aliphatic carbocycles. The number of aromatic hydroxyl groups is 1. The Kier molecular flexibility index (Phi) is 3.88. The fourth-order valence-electron chi connectivity index (χ4n) is 2.82. The Balaban J connectivity index is 2.01. The number of benzene rings is 1. The van der Waals surface area contributed by atoms with Gasteiger partial charge in [0.25, 0.3) is 5.56 Å². The average Bonchev–Trinajstić information content (AvgIpc) is 3.08. The van der Waals surface area contributed by atoms with Gasteiger partial charge >= 0.3 is 5.69 Å². The molecule has 0 spiro atoms. The number of methoxy groups -OCH3 is 1. The Morgan fingerprint density at radius 1 is 1.25 bits per heavy atom. The van der Waals surface area contributed by atoms with Gasteiger partial charge in [-0.2, -0.15) is 5.10 Å². The van der Waals surface area contributed by atoms with E-state index in [9.17, 15) is 14.7 Å². The minimum atomic E-state index is -0.589. The Morgan fingerprint density at radius 3 is 2.67 bits per heavy atom. The molecule has 1 atom stereocenters. The molecule has 1 aliphatic heterocycles. The first kappa shape index (κ1) is 15.9. The Morgan fingerprint density at radius 2 is 1.96 bits per heavy atom. The lowest BCUT2D eigenvalue weighted by Gasteiger charge is -2.14. The van der Waals surface area contributed by atoms with E-state index < -0.39 is 11.2 Å². The first-order valence-corrected chi connectivity index (χ1v) is 7.40. The molecule has 8 heteroatoms. The highest BCUT2D eigenvalue weighted by Gasteiger charge is 2.28. The summed E-state index contributed by atoms with van der Waals surface area (Å²) in [5.41, 5.74) is 3.14. The maximum Gasteiger partial charge on any atom is 0.333 e. The van der Waals surface area contributed by atoms with Gasteiger partial charge in [0, 0.05) is 26.1 Å². The third-order valence-corrected chi connectivity index (χ3v) is 4.19. The molecule has 8 nitrogen and oxygen atoms in total. The van der Waals surface area contributed by atoms with Crippen LogP contribution in [0.2, 0.25) is 0 Å². The van der Waals surface area contributed by atoms with Crippen LogP contribution in [-0.4, -0.2) is 27.1 Å². The van der Waals surface area contributed by atoms with Crippen molar-refractivity contribution in [1.29, 1.82) is 0 Å². The van der Waals surface area contributed by atoms with Crippen molar-refractivity contribution in [3.63, 3.8) is 0 Å². The largest absolute Gasteiger partial charge is 0.496 e. The molecule has 0 radical (unpaired) electrons. The first-order chi connectivity index (χ1) is 11.5. The molecule has 0 amide bonds. The number of para-hydroxylation sites is 1. The monoisotopic (exact) mass is 330 g/mol. The molecule has 2 heterocycles. The summed E-state index contributed by atoms with van der Waals surface area (Å²) in [4.78, 5) is 24.2. The topological polar surface area (TPSA) is 97.9 Å². The van der Waals surface area contributed by atoms with Gasteiger partial charge < -0.3 is 15.3 Å². The van der Waals surface area contributed by atoms with Crippen LogP contribution in [0.3, 0.4) is 0 Å². The van der Waals surface area contributed by atoms with E-state index in [-0.39, 0.29) is 17.5 Å². The van der Waals surface area contributed by atoms with Crippen molar-refractivity contribution in [2.75, 3.05) is 7.11 Å². The lowest BCUT2D eigenvalue weighted by atomic mass is 9.99. The van der Waals surface area contributed by atoms with Gasteiger partial charge in [-0.05, 0) is 6.07 Å². The number of hydrogen-bond donors (Lipinski definition) is 2. The molecular weight excluding hydrogens is 312 g/mol. The van der Waals surface area contributed by atoms with E-state index >= 15 is 0 Å². The summed E-state index contributed by atoms with van der Waals surface area (Å²) in [5.74, 6) is 0.327. The van der Waals surface area contributed by atoms with Crippen molar-refractivity contribution in [3.8, 4) is 11.6 Å². The fourth-order valence-corrected chi connectivity index (χ4v) is 2.82. The molecule has 0 bridgehead atoms. The van der Waals surface area contributed by atoms with Crippen molar-refractivity contribution < 1.29 is 9.84 Å². The SMILES string of the molecule is COc1ccccc1[C@H]1CC(c2c(O)n(C)c(=O)n(C)c2=O)=NN1. The van der Waals surface area contributed by atoms with E-state index in [1.54, 1.807) is 7.11 Å². The smallest absolute Gasteiger partial charge is 0.333 e. The minimum Gasteiger partial charge on any atom is -0.496 e. The van der Waals surface area contributed by atoms with Crippen LogP contribution in [0.5, 0.6) is 11.6 Å². The van der Waals surface area contributed by atoms with Crippen LogP contribution in [0.1, 0.15) is 23.6 Å². The zero-order valence-electron chi connectivity index (χ0n) is 13.6. The third kappa shape index (κ3) is 2.36. The number of nitrogens with zero attached hydrogens (tertiary/aromatic N) is 3. The summed E-state index contributed by atoms with van der Waals surface area (Å²) in [6.07, 6.45) is 0.390. The molecule has 1 aromatic carbocycles. The summed E-state index contributed by atoms with van der Waals surface area (Å²) in [6, 6.07) is 7.33. The zero-order valence-corrected chi connectivity index (χ0v) is 13.6. The Hall–Kier alpha value is -3.03. The predicted octanol–water partition coefficient (Wildman–Crippen LogP) is 0.237. The maximum atomic E-state index is 12.4. The van der Waals surface area contributed by atoms with E-state index in [1.165, 1.54) is 14.1 Å². The Bertz CT molecular complexity index is 942. The van der Waals surface area contributed by atoms with Gasteiger partial charge in [0.1, 0.15) is 11.3 Å². The van der Waals surface area contributed by atoms with E-state index in [2.05, 4.69) is 10.5 Å². The van der Waals surface area contributed by atoms with E-state index in [4.69, 9.17) is 4.74 Å². The highest BCUT2D eigenvalue weighted by Crippen LogP contribution is 2.31. The summed E-state index contributed by atoms with van der Waals surface area (Å²) in [6.45, 7) is 0. The van der Waals surface area contributed by atoms with Crippen LogP contribution in [0.25, 0.3) is 0 Å². The second-order valence-electron chi connectivity index (χ2n) is 5.59. The lowest BCUT2D eigenvalue weighted by Crippen LogP contribution is -2.39. The molecular formula is C16H18N4O4. The highest BCUT2D eigenvalue weighted by molar-refractivity contribution is 6.03. The first-order valence-electron chi connectivity index (χ1n) is 7.40. The summed E-state index contributed by atoms with van der Waals surface area (Å²) < 4.78 is 7.32. The molecule has 1 aromatic heterocycles. The molecule has 126 valence electrons. The van der Waals surface area contributed by atoms with Crippen molar-refractivity contribution in [1.82, 2.24) is 14.6 Å². The molecule has 1 aliphatic rings. The molecule has 0 fully saturated rings. The van der Waals surface area contributed by atoms with Crippen LogP contribution in [0, 0.1) is 0 Å². The third-order valence-electron chi connectivity index (χ3n) is 4.19. The fraction of sp³-hybridized carbons (Fsp3) is 0.312. The van der Waals surface area contributed by atoms with Crippen LogP contribution < -0.4 is 21.4 Å². The highest BCUT2D eigenvalue weighted by atomic mass is 16.5. The summed E-state index contributed by atoms with van der Waals surface area (Å²) in [5, 5.41) is 14.4. The molecule has 2 N–H and O–H groups in total. The van der Waals surface area contributed by atoms with Crippen molar-refractivity contribution >= 4 is 5.71 Å². The number of nitrogens with one attached hydrogen (secondary N) is 1.